The van der Waals surface area contributed by atoms with Crippen LogP contribution in [0.15, 0.2) is 0 Å². The third-order valence-corrected chi connectivity index (χ3v) is 0. The average molecular weight is 436 g/mol. The zero-order chi connectivity index (χ0) is 14.3. The Kier molecular flexibility index (Phi) is 40.5. The summed E-state index contributed by atoms with van der Waals surface area (Å²) >= 11 is 0. The molecule has 101 valence electrons. The first-order valence-electron chi connectivity index (χ1n) is 2.53. The zero-order valence-electron chi connectivity index (χ0n) is 7.39. The molecular formula is C4H4IrO12. The molecule has 0 aliphatic rings. The van der Waals surface area contributed by atoms with Gasteiger partial charge in [0.15, 0.2) is 0 Å². The maximum atomic E-state index is 8.44. The Bertz CT molecular complexity index is 159. The first-order chi connectivity index (χ1) is 6.93. The van der Waals surface area contributed by atoms with E-state index in [1.807, 2.05) is 0 Å². The van der Waals surface area contributed by atoms with E-state index in [4.69, 9.17) is 60.0 Å². The van der Waals surface area contributed by atoms with Crippen LogP contribution in [0.2, 0.25) is 0 Å². The van der Waals surface area contributed by atoms with Crippen molar-refractivity contribution >= 4 is 24.6 Å². The summed E-state index contributed by atoms with van der Waals surface area (Å²) in [6.07, 6.45) is -8.33. The van der Waals surface area contributed by atoms with E-state index in [0.717, 1.165) is 0 Å². The van der Waals surface area contributed by atoms with E-state index in [1.54, 1.807) is 0 Å². The molecule has 0 spiro atoms. The first-order valence-corrected chi connectivity index (χ1v) is 2.53. The summed E-state index contributed by atoms with van der Waals surface area (Å²) in [6.45, 7) is 0. The van der Waals surface area contributed by atoms with Crippen molar-refractivity contribution in [3.63, 3.8) is 0 Å². The van der Waals surface area contributed by atoms with E-state index >= 15 is 0 Å². The molecule has 17 heavy (non-hydrogen) atoms. The van der Waals surface area contributed by atoms with E-state index in [1.165, 1.54) is 0 Å². The third kappa shape index (κ3) is 366. The van der Waals surface area contributed by atoms with E-state index in [0.29, 0.717) is 0 Å². The largest absolute Gasteiger partial charge is 4.00 e. The number of carbonyl (C=O) groups is 4. The second-order valence-corrected chi connectivity index (χ2v) is 1.06. The predicted molar refractivity (Wildman–Crippen MR) is 32.1 cm³/mol. The summed E-state index contributed by atoms with van der Waals surface area (Å²) in [7, 11) is 0. The fraction of sp³-hybridized carbons (Fsp3) is 0. The van der Waals surface area contributed by atoms with Gasteiger partial charge < -0.3 is 60.0 Å². The maximum Gasteiger partial charge on any atom is 4.00 e. The number of hydrogen-bond donors (Lipinski definition) is 4. The molecule has 0 saturated carbocycles. The standard InChI is InChI=1S/4CH2O3.Ir/c4*2-1(3)4;/h4*(H2,2,3,4);/q;;;;+4/p-4. The molecule has 4 N–H and O–H groups in total. The Morgan fingerprint density at radius 1 is 0.529 bits per heavy atom. The second kappa shape index (κ2) is 23.5. The van der Waals surface area contributed by atoms with Crippen LogP contribution in [0.5, 0.6) is 0 Å². The van der Waals surface area contributed by atoms with Gasteiger partial charge in [0.1, 0.15) is 0 Å². The van der Waals surface area contributed by atoms with Crippen LogP contribution in [0.1, 0.15) is 0 Å². The fourth-order valence-corrected chi connectivity index (χ4v) is 0. The molecule has 0 bridgehead atoms. The summed E-state index contributed by atoms with van der Waals surface area (Å²) in [6, 6.07) is 0. The molecular weight excluding hydrogens is 432 g/mol. The molecule has 0 atom stereocenters. The van der Waals surface area contributed by atoms with Crippen molar-refractivity contribution in [3.8, 4) is 0 Å². The van der Waals surface area contributed by atoms with Gasteiger partial charge in [-0.25, -0.2) is 0 Å². The molecule has 0 heterocycles. The van der Waals surface area contributed by atoms with Gasteiger partial charge in [-0.15, -0.1) is 0 Å². The molecule has 0 rings (SSSR count). The van der Waals surface area contributed by atoms with E-state index in [2.05, 4.69) is 0 Å². The van der Waals surface area contributed by atoms with Crippen LogP contribution in [0.25, 0.3) is 0 Å². The summed E-state index contributed by atoms with van der Waals surface area (Å²) in [5, 5.41) is 61.2. The third-order valence-electron chi connectivity index (χ3n) is 0. The molecule has 13 heteroatoms. The molecule has 0 saturated heterocycles. The van der Waals surface area contributed by atoms with Crippen LogP contribution >= 0.6 is 0 Å². The summed E-state index contributed by atoms with van der Waals surface area (Å²) in [4.78, 5) is 33.8. The Balaban J connectivity index is -0.0000000369. The summed E-state index contributed by atoms with van der Waals surface area (Å²) in [5.74, 6) is 0. The number of hydrogen-bond acceptors (Lipinski definition) is 8. The van der Waals surface area contributed by atoms with Crippen molar-refractivity contribution in [1.29, 1.82) is 0 Å². The smallest absolute Gasteiger partial charge is 0.565 e. The van der Waals surface area contributed by atoms with Crippen molar-refractivity contribution in [2.24, 2.45) is 0 Å². The Hall–Kier alpha value is -2.27. The molecule has 12 nitrogen and oxygen atoms in total. The minimum Gasteiger partial charge on any atom is -0.565 e. The van der Waals surface area contributed by atoms with Gasteiger partial charge in [-0.2, -0.15) is 0 Å². The van der Waals surface area contributed by atoms with Gasteiger partial charge in [0, 0.05) is 0 Å². The zero-order valence-corrected chi connectivity index (χ0v) is 9.78. The van der Waals surface area contributed by atoms with E-state index in [-0.39, 0.29) is 20.1 Å². The molecule has 0 unspecified atom stereocenters. The molecule has 1 radical (unpaired) electrons. The van der Waals surface area contributed by atoms with Gasteiger partial charge in [0.25, 0.3) is 0 Å². The normalized spacial score (nSPS) is 5.65. The topological polar surface area (TPSA) is 241 Å². The minimum absolute atomic E-state index is 0. The van der Waals surface area contributed by atoms with Crippen molar-refractivity contribution in [2.45, 2.75) is 0 Å². The quantitative estimate of drug-likeness (QED) is 0.281. The number of carboxylic acid groups (broad SMARTS) is 8. The maximum absolute atomic E-state index is 8.44. The Morgan fingerprint density at radius 2 is 0.529 bits per heavy atom. The van der Waals surface area contributed by atoms with E-state index in [9.17, 15) is 0 Å². The van der Waals surface area contributed by atoms with Crippen molar-refractivity contribution in [3.05, 3.63) is 0 Å². The van der Waals surface area contributed by atoms with Crippen molar-refractivity contribution < 1.29 is 80.1 Å². The molecule has 0 aromatic heterocycles. The molecule has 0 aliphatic heterocycles. The van der Waals surface area contributed by atoms with Gasteiger partial charge in [-0.3, -0.25) is 0 Å². The van der Waals surface area contributed by atoms with Crippen LogP contribution in [-0.2, 0) is 20.1 Å². The van der Waals surface area contributed by atoms with Gasteiger partial charge in [-0.1, -0.05) is 0 Å². The summed E-state index contributed by atoms with van der Waals surface area (Å²) < 4.78 is 0. The minimum atomic E-state index is -2.08. The van der Waals surface area contributed by atoms with Gasteiger partial charge in [0.05, 0.1) is 0 Å². The van der Waals surface area contributed by atoms with Gasteiger partial charge in [0.2, 0.25) is 24.6 Å². The molecule has 0 aromatic carbocycles. The molecule has 0 fully saturated rings. The van der Waals surface area contributed by atoms with Crippen LogP contribution < -0.4 is 20.4 Å². The monoisotopic (exact) mass is 437 g/mol. The Labute approximate surface area is 105 Å². The molecule has 0 amide bonds. The first kappa shape index (κ1) is 29.3. The molecule has 0 aliphatic carbocycles. The average Bonchev–Trinajstić information content (AvgIpc) is 1.76. The summed E-state index contributed by atoms with van der Waals surface area (Å²) in [5.41, 5.74) is 0. The van der Waals surface area contributed by atoms with E-state index < -0.39 is 24.6 Å². The van der Waals surface area contributed by atoms with Crippen molar-refractivity contribution in [2.75, 3.05) is 0 Å². The van der Waals surface area contributed by atoms with Crippen LogP contribution in [0.4, 0.5) is 19.2 Å². The molecule has 0 aromatic rings. The van der Waals surface area contributed by atoms with Gasteiger partial charge >= 0.3 is 20.1 Å². The van der Waals surface area contributed by atoms with Crippen LogP contribution in [0, 0.1) is 0 Å². The Morgan fingerprint density at radius 3 is 0.529 bits per heavy atom. The predicted octanol–water partition coefficient (Wildman–Crippen LogP) is -4.45. The SMILES string of the molecule is O=C([O-])O.O=C([O-])O.O=C([O-])O.O=C([O-])O.[Ir+4]. The van der Waals surface area contributed by atoms with Gasteiger partial charge in [-0.05, 0) is 0 Å². The van der Waals surface area contributed by atoms with Crippen LogP contribution in [0.3, 0.4) is 0 Å². The van der Waals surface area contributed by atoms with Crippen molar-refractivity contribution in [1.82, 2.24) is 0 Å². The fourth-order valence-electron chi connectivity index (χ4n) is 0. The van der Waals surface area contributed by atoms with Crippen LogP contribution in [-0.4, -0.2) is 45.0 Å². The number of rotatable bonds is 0. The second-order valence-electron chi connectivity index (χ2n) is 1.06.